The summed E-state index contributed by atoms with van der Waals surface area (Å²) < 4.78 is 14.8. The van der Waals surface area contributed by atoms with Crippen LogP contribution in [-0.2, 0) is 7.05 Å². The lowest BCUT2D eigenvalue weighted by atomic mass is 10.1. The number of hydrogen-bond acceptors (Lipinski definition) is 2. The van der Waals surface area contributed by atoms with Gasteiger partial charge in [-0.1, -0.05) is 282 Å². The average Bonchev–Trinajstić information content (AvgIpc) is 4.07. The highest BCUT2D eigenvalue weighted by Gasteiger charge is 1.99. The van der Waals surface area contributed by atoms with Gasteiger partial charge in [-0.2, -0.15) is 0 Å². The number of benzene rings is 5. The van der Waals surface area contributed by atoms with Crippen molar-refractivity contribution in [3.05, 3.63) is 265 Å². The van der Waals surface area contributed by atoms with Gasteiger partial charge in [0.05, 0.1) is 10.0 Å². The molecule has 0 fully saturated rings. The number of nitrogens with zero attached hydrogens (tertiary/aromatic N) is 3. The van der Waals surface area contributed by atoms with Gasteiger partial charge in [-0.15, -0.1) is 0 Å². The van der Waals surface area contributed by atoms with E-state index in [1.165, 1.54) is 45.8 Å². The van der Waals surface area contributed by atoms with Crippen molar-refractivity contribution in [2.24, 2.45) is 48.5 Å². The molecule has 462 valence electrons. The van der Waals surface area contributed by atoms with Gasteiger partial charge >= 0.3 is 0 Å². The first-order chi connectivity index (χ1) is 40.6. The topological polar surface area (TPSA) is 21.1 Å². The quantitative estimate of drug-likeness (QED) is 0.102. The van der Waals surface area contributed by atoms with Gasteiger partial charge in [0, 0.05) is 61.2 Å². The zero-order valence-electron chi connectivity index (χ0n) is 54.8. The Bertz CT molecular complexity index is 3090. The minimum Gasteiger partial charge on any atom is -0.378 e. The predicted molar refractivity (Wildman–Crippen MR) is 388 cm³/mol. The van der Waals surface area contributed by atoms with Crippen LogP contribution < -0.4 is 4.90 Å². The van der Waals surface area contributed by atoms with Crippen molar-refractivity contribution in [1.29, 1.82) is 0 Å². The number of halogens is 5. The minimum atomic E-state index is -0.180. The lowest BCUT2D eigenvalue weighted by molar-refractivity contribution is 0.627. The Morgan fingerprint density at radius 1 is 0.395 bits per heavy atom. The molecule has 0 N–H and O–H groups in total. The second-order valence-electron chi connectivity index (χ2n) is 23.4. The van der Waals surface area contributed by atoms with Crippen LogP contribution in [0.4, 0.5) is 10.1 Å². The molecule has 2 aromatic heterocycles. The fourth-order valence-corrected chi connectivity index (χ4v) is 7.54. The Kier molecular flexibility index (Phi) is 40.6. The standard InChI is InChI=1S/C13H19N.C12H16.2C11H12Cl2.C11H13F.C10H15N.C10H13N/c1-11(2)5-6-12-7-9-13(10-8-12)14(3)4;1-10(2)4-7-12-8-5-11(3)6-9-12;1-8(2)3-4-9-5-10(12)7-11(13)6-9;1-8(2)3-4-9-5-6-10(12)11(13)7-9;1-9(2)6-7-10-4-3-5-11(12)8-10;1-9(2)6-7-10-5-4-8-11(10)3;1-9(2)3-4-10-5-7-11-8-6-10/h5-11H,1-4H3;4-10H,1-3H3;2*3-8H,1-2H3;3-9H,1-2H3;4-9H,1-3H3;3-9H,1-2H3/b6-5+;7-4+;2*4-3+;2*7-6+;4-3+. The third kappa shape index (κ3) is 40.8. The van der Waals surface area contributed by atoms with Crippen LogP contribution in [0.15, 0.2) is 195 Å². The Balaban J connectivity index is 0.000000502. The number of aromatic nitrogens is 2. The monoisotopic (exact) mass is 1240 g/mol. The van der Waals surface area contributed by atoms with E-state index in [9.17, 15) is 4.39 Å². The minimum absolute atomic E-state index is 0.180. The molecule has 7 rings (SSSR count). The SMILES string of the molecule is CC(C)/C=C/c1cc(Cl)cc(Cl)c1.CC(C)/C=C/c1ccc(Cl)c(Cl)c1.CC(C)/C=C/c1ccc(N(C)C)cc1.CC(C)/C=C/c1cccc(F)c1.CC(C)/C=C/c1cccn1C.CC(C)/C=C/c1ccncc1.Cc1ccc(/C=C/C(C)C)cc1. The molecule has 0 bridgehead atoms. The molecule has 0 radical (unpaired) electrons. The number of hydrogen-bond donors (Lipinski definition) is 0. The molecule has 0 spiro atoms. The van der Waals surface area contributed by atoms with Crippen molar-refractivity contribution in [2.75, 3.05) is 19.0 Å². The largest absolute Gasteiger partial charge is 0.378 e. The third-order valence-corrected chi connectivity index (χ3v) is 12.7. The summed E-state index contributed by atoms with van der Waals surface area (Å²) in [6, 6.07) is 43.0. The van der Waals surface area contributed by atoms with Crippen LogP contribution in [-0.4, -0.2) is 23.6 Å². The van der Waals surface area contributed by atoms with Gasteiger partial charge in [-0.25, -0.2) is 4.39 Å². The molecular formula is C78H100Cl4FN3. The summed E-state index contributed by atoms with van der Waals surface area (Å²) in [6.07, 6.45) is 35.4. The van der Waals surface area contributed by atoms with Crippen molar-refractivity contribution in [3.8, 4) is 0 Å². The molecule has 8 heteroatoms. The van der Waals surface area contributed by atoms with Crippen molar-refractivity contribution in [1.82, 2.24) is 9.55 Å². The smallest absolute Gasteiger partial charge is 0.123 e. The number of allylic oxidation sites excluding steroid dienone is 7. The molecule has 0 saturated carbocycles. The van der Waals surface area contributed by atoms with Gasteiger partial charge < -0.3 is 9.47 Å². The first-order valence-electron chi connectivity index (χ1n) is 29.9. The van der Waals surface area contributed by atoms with Gasteiger partial charge in [0.2, 0.25) is 0 Å². The maximum Gasteiger partial charge on any atom is 0.123 e. The van der Waals surface area contributed by atoms with Crippen molar-refractivity contribution in [2.45, 2.75) is 104 Å². The summed E-state index contributed by atoms with van der Waals surface area (Å²) in [5, 5.41) is 2.56. The van der Waals surface area contributed by atoms with E-state index in [-0.39, 0.29) is 5.82 Å². The fourth-order valence-electron chi connectivity index (χ4n) is 6.69. The van der Waals surface area contributed by atoms with Crippen LogP contribution in [0.1, 0.15) is 142 Å². The highest BCUT2D eigenvalue weighted by Crippen LogP contribution is 2.24. The number of rotatable bonds is 15. The number of anilines is 1. The second kappa shape index (κ2) is 45.0. The Morgan fingerprint density at radius 3 is 1.17 bits per heavy atom. The van der Waals surface area contributed by atoms with E-state index in [4.69, 9.17) is 46.4 Å². The molecule has 0 saturated heterocycles. The summed E-state index contributed by atoms with van der Waals surface area (Å²) in [6.45, 7) is 32.2. The zero-order chi connectivity index (χ0) is 64.6. The van der Waals surface area contributed by atoms with Crippen LogP contribution in [0.5, 0.6) is 0 Å². The number of pyridine rings is 1. The van der Waals surface area contributed by atoms with E-state index in [1.807, 2.05) is 66.8 Å². The van der Waals surface area contributed by atoms with Crippen LogP contribution in [0, 0.1) is 54.2 Å². The van der Waals surface area contributed by atoms with E-state index < -0.39 is 0 Å². The Hall–Kier alpha value is -6.40. The fraction of sp³-hybridized carbons (Fsp3) is 0.321. The molecule has 0 atom stereocenters. The molecule has 0 aliphatic carbocycles. The first-order valence-corrected chi connectivity index (χ1v) is 31.4. The molecule has 2 heterocycles. The molecule has 0 aliphatic rings. The number of aryl methyl sites for hydroxylation is 2. The van der Waals surface area contributed by atoms with Gasteiger partial charge in [0.1, 0.15) is 5.82 Å². The second-order valence-corrected chi connectivity index (χ2v) is 25.1. The third-order valence-electron chi connectivity index (χ3n) is 11.5. The van der Waals surface area contributed by atoms with Crippen LogP contribution in [0.3, 0.4) is 0 Å². The maximum atomic E-state index is 12.7. The Labute approximate surface area is 541 Å². The lowest BCUT2D eigenvalue weighted by Crippen LogP contribution is -2.07. The summed E-state index contributed by atoms with van der Waals surface area (Å²) >= 11 is 23.3. The molecular weight excluding hydrogens is 1140 g/mol. The van der Waals surface area contributed by atoms with E-state index in [0.717, 1.165) is 16.7 Å². The maximum absolute atomic E-state index is 12.7. The summed E-state index contributed by atoms with van der Waals surface area (Å²) in [4.78, 5) is 6.05. The van der Waals surface area contributed by atoms with Gasteiger partial charge in [0.25, 0.3) is 0 Å². The predicted octanol–water partition coefficient (Wildman–Crippen LogP) is 25.4. The molecule has 86 heavy (non-hydrogen) atoms. The molecule has 7 aromatic rings. The van der Waals surface area contributed by atoms with Crippen LogP contribution >= 0.6 is 46.4 Å². The highest BCUT2D eigenvalue weighted by atomic mass is 35.5. The molecule has 0 aliphatic heterocycles. The Morgan fingerprint density at radius 2 is 0.779 bits per heavy atom. The average molecular weight is 1240 g/mol. The lowest BCUT2D eigenvalue weighted by Gasteiger charge is -2.11. The summed E-state index contributed by atoms with van der Waals surface area (Å²) in [5.41, 5.74) is 10.6. The molecule has 0 unspecified atom stereocenters. The van der Waals surface area contributed by atoms with E-state index in [2.05, 4.69) is 273 Å². The van der Waals surface area contributed by atoms with Gasteiger partial charge in [-0.3, -0.25) is 4.98 Å². The van der Waals surface area contributed by atoms with E-state index in [1.54, 1.807) is 24.5 Å². The summed E-state index contributed by atoms with van der Waals surface area (Å²) in [5.74, 6) is 3.91. The van der Waals surface area contributed by atoms with Crippen molar-refractivity contribution >= 4 is 94.6 Å². The van der Waals surface area contributed by atoms with Crippen molar-refractivity contribution < 1.29 is 4.39 Å². The normalized spacial score (nSPS) is 11.4. The van der Waals surface area contributed by atoms with Crippen LogP contribution in [0.25, 0.3) is 42.5 Å². The van der Waals surface area contributed by atoms with Gasteiger partial charge in [-0.05, 0) is 167 Å². The summed E-state index contributed by atoms with van der Waals surface area (Å²) in [7, 11) is 6.16. The molecule has 5 aromatic carbocycles. The van der Waals surface area contributed by atoms with Crippen LogP contribution in [0.2, 0.25) is 20.1 Å². The first kappa shape index (κ1) is 77.6. The molecule has 0 amide bonds. The van der Waals surface area contributed by atoms with Crippen molar-refractivity contribution in [3.63, 3.8) is 0 Å². The van der Waals surface area contributed by atoms with Gasteiger partial charge in [0.15, 0.2) is 0 Å². The zero-order valence-corrected chi connectivity index (χ0v) is 57.8. The molecule has 3 nitrogen and oxygen atoms in total. The van der Waals surface area contributed by atoms with E-state index >= 15 is 0 Å². The van der Waals surface area contributed by atoms with E-state index in [0.29, 0.717) is 61.5 Å². The highest BCUT2D eigenvalue weighted by molar-refractivity contribution is 6.42.